The van der Waals surface area contributed by atoms with Gasteiger partial charge in [0.2, 0.25) is 0 Å². The number of benzene rings is 1. The molecule has 1 aliphatic heterocycles. The zero-order chi connectivity index (χ0) is 10.5. The number of fused-ring (bicyclic) bond motifs is 1. The predicted octanol–water partition coefficient (Wildman–Crippen LogP) is 3.25. The summed E-state index contributed by atoms with van der Waals surface area (Å²) in [5.41, 5.74) is 5.76. The van der Waals surface area contributed by atoms with Gasteiger partial charge in [-0.25, -0.2) is 0 Å². The Hall–Kier alpha value is -0.980. The van der Waals surface area contributed by atoms with Gasteiger partial charge in [0, 0.05) is 24.7 Å². The van der Waals surface area contributed by atoms with E-state index in [1.165, 1.54) is 22.4 Å². The van der Waals surface area contributed by atoms with Gasteiger partial charge in [-0.1, -0.05) is 13.0 Å². The Balaban J connectivity index is 2.59. The molecule has 0 saturated carbocycles. The Morgan fingerprint density at radius 2 is 1.64 bits per heavy atom. The van der Waals surface area contributed by atoms with Crippen molar-refractivity contribution in [2.75, 3.05) is 11.9 Å². The fourth-order valence-electron chi connectivity index (χ4n) is 2.31. The number of rotatable bonds is 0. The average molecular weight is 189 g/mol. The first-order valence-corrected chi connectivity index (χ1v) is 5.36. The second kappa shape index (κ2) is 3.01. The van der Waals surface area contributed by atoms with Crippen molar-refractivity contribution < 1.29 is 0 Å². The van der Waals surface area contributed by atoms with Crippen LogP contribution in [0.4, 0.5) is 5.69 Å². The molecule has 0 N–H and O–H groups in total. The van der Waals surface area contributed by atoms with Crippen molar-refractivity contribution in [2.45, 2.75) is 39.7 Å². The molecule has 2 unspecified atom stereocenters. The number of hydrogen-bond acceptors (Lipinski definition) is 1. The summed E-state index contributed by atoms with van der Waals surface area (Å²) >= 11 is 0. The molecule has 0 saturated heterocycles. The van der Waals surface area contributed by atoms with Gasteiger partial charge in [-0.15, -0.1) is 0 Å². The lowest BCUT2D eigenvalue weighted by atomic mass is 9.95. The van der Waals surface area contributed by atoms with E-state index in [2.05, 4.69) is 51.8 Å². The number of anilines is 1. The molecule has 1 aromatic rings. The van der Waals surface area contributed by atoms with E-state index in [1.807, 2.05) is 0 Å². The molecule has 1 heteroatoms. The minimum atomic E-state index is 0.631. The highest BCUT2D eigenvalue weighted by Crippen LogP contribution is 2.40. The van der Waals surface area contributed by atoms with Crippen LogP contribution >= 0.6 is 0 Å². The normalized spacial score (nSPS) is 25.4. The summed E-state index contributed by atoms with van der Waals surface area (Å²) in [6.07, 6.45) is 0. The van der Waals surface area contributed by atoms with Gasteiger partial charge in [-0.2, -0.15) is 0 Å². The van der Waals surface area contributed by atoms with Gasteiger partial charge in [0.15, 0.2) is 0 Å². The molecule has 0 aromatic heterocycles. The van der Waals surface area contributed by atoms with Crippen LogP contribution in [-0.2, 0) is 0 Å². The van der Waals surface area contributed by atoms with Gasteiger partial charge in [-0.3, -0.25) is 0 Å². The number of aryl methyl sites for hydroxylation is 2. The van der Waals surface area contributed by atoms with Crippen LogP contribution in [0.3, 0.4) is 0 Å². The molecular weight excluding hydrogens is 170 g/mol. The van der Waals surface area contributed by atoms with Crippen molar-refractivity contribution >= 4 is 5.69 Å². The van der Waals surface area contributed by atoms with E-state index >= 15 is 0 Å². The second-order valence-electron chi connectivity index (χ2n) is 4.64. The SMILES string of the molecule is Cc1cc2c(cc1C)N(C)C(C)C2C. The summed E-state index contributed by atoms with van der Waals surface area (Å²) in [6, 6.07) is 5.31. The third-order valence-electron chi connectivity index (χ3n) is 3.85. The number of likely N-dealkylation sites (N-methyl/N-ethyl adjacent to an activating group) is 1. The van der Waals surface area contributed by atoms with Crippen LogP contribution in [-0.4, -0.2) is 13.1 Å². The van der Waals surface area contributed by atoms with Crippen molar-refractivity contribution in [3.8, 4) is 0 Å². The monoisotopic (exact) mass is 189 g/mol. The molecule has 0 aliphatic carbocycles. The maximum Gasteiger partial charge on any atom is 0.0405 e. The topological polar surface area (TPSA) is 3.24 Å². The van der Waals surface area contributed by atoms with Gasteiger partial charge < -0.3 is 4.90 Å². The van der Waals surface area contributed by atoms with E-state index < -0.39 is 0 Å². The Labute approximate surface area is 86.7 Å². The molecule has 76 valence electrons. The van der Waals surface area contributed by atoms with Gasteiger partial charge >= 0.3 is 0 Å². The van der Waals surface area contributed by atoms with Crippen molar-refractivity contribution in [1.82, 2.24) is 0 Å². The summed E-state index contributed by atoms with van der Waals surface area (Å²) in [7, 11) is 2.20. The van der Waals surface area contributed by atoms with Crippen molar-refractivity contribution in [2.24, 2.45) is 0 Å². The van der Waals surface area contributed by atoms with E-state index in [4.69, 9.17) is 0 Å². The average Bonchev–Trinajstić information content (AvgIpc) is 2.34. The highest BCUT2D eigenvalue weighted by atomic mass is 15.2. The van der Waals surface area contributed by atoms with Crippen LogP contribution in [0.15, 0.2) is 12.1 Å². The first-order chi connectivity index (χ1) is 6.52. The standard InChI is InChI=1S/C13H19N/c1-8-6-12-10(3)11(4)14(5)13(12)7-9(8)2/h6-7,10-11H,1-5H3. The minimum Gasteiger partial charge on any atom is -0.371 e. The van der Waals surface area contributed by atoms with Gasteiger partial charge in [0.1, 0.15) is 0 Å². The van der Waals surface area contributed by atoms with Crippen molar-refractivity contribution in [1.29, 1.82) is 0 Å². The van der Waals surface area contributed by atoms with Crippen LogP contribution in [0.25, 0.3) is 0 Å². The molecular formula is C13H19N. The van der Waals surface area contributed by atoms with Crippen LogP contribution in [0.5, 0.6) is 0 Å². The third kappa shape index (κ3) is 1.15. The maximum absolute atomic E-state index is 2.40. The lowest BCUT2D eigenvalue weighted by Crippen LogP contribution is -2.25. The Morgan fingerprint density at radius 3 is 2.29 bits per heavy atom. The molecule has 0 amide bonds. The van der Waals surface area contributed by atoms with E-state index in [-0.39, 0.29) is 0 Å². The zero-order valence-corrected chi connectivity index (χ0v) is 9.76. The van der Waals surface area contributed by atoms with Crippen LogP contribution in [0.2, 0.25) is 0 Å². The minimum absolute atomic E-state index is 0.631. The zero-order valence-electron chi connectivity index (χ0n) is 9.76. The molecule has 1 heterocycles. The molecule has 0 fully saturated rings. The largest absolute Gasteiger partial charge is 0.371 e. The first-order valence-electron chi connectivity index (χ1n) is 5.36. The number of hydrogen-bond donors (Lipinski definition) is 0. The molecule has 1 aromatic carbocycles. The summed E-state index contributed by atoms with van der Waals surface area (Å²) in [5.74, 6) is 0.661. The molecule has 2 atom stereocenters. The van der Waals surface area contributed by atoms with Crippen LogP contribution in [0.1, 0.15) is 36.5 Å². The van der Waals surface area contributed by atoms with Crippen LogP contribution < -0.4 is 4.90 Å². The summed E-state index contributed by atoms with van der Waals surface area (Å²) in [5, 5.41) is 0. The van der Waals surface area contributed by atoms with Gasteiger partial charge in [0.05, 0.1) is 0 Å². The number of nitrogens with zero attached hydrogens (tertiary/aromatic N) is 1. The predicted molar refractivity (Wildman–Crippen MR) is 62.2 cm³/mol. The smallest absolute Gasteiger partial charge is 0.0405 e. The highest BCUT2D eigenvalue weighted by molar-refractivity contribution is 5.63. The van der Waals surface area contributed by atoms with Crippen LogP contribution in [0, 0.1) is 13.8 Å². The fraction of sp³-hybridized carbons (Fsp3) is 0.538. The van der Waals surface area contributed by atoms with E-state index in [1.54, 1.807) is 0 Å². The molecule has 0 spiro atoms. The Morgan fingerprint density at radius 1 is 1.07 bits per heavy atom. The molecule has 0 bridgehead atoms. The van der Waals surface area contributed by atoms with E-state index in [0.29, 0.717) is 12.0 Å². The van der Waals surface area contributed by atoms with Gasteiger partial charge in [0.25, 0.3) is 0 Å². The lowest BCUT2D eigenvalue weighted by Gasteiger charge is -2.20. The molecule has 1 nitrogen and oxygen atoms in total. The molecule has 0 radical (unpaired) electrons. The van der Waals surface area contributed by atoms with Gasteiger partial charge in [-0.05, 0) is 43.5 Å². The summed E-state index contributed by atoms with van der Waals surface area (Å²) in [4.78, 5) is 2.40. The maximum atomic E-state index is 2.40. The van der Waals surface area contributed by atoms with Crippen molar-refractivity contribution in [3.05, 3.63) is 28.8 Å². The molecule has 2 rings (SSSR count). The molecule has 1 aliphatic rings. The second-order valence-corrected chi connectivity index (χ2v) is 4.64. The summed E-state index contributed by atoms with van der Waals surface area (Å²) in [6.45, 7) is 9.01. The van der Waals surface area contributed by atoms with Crippen molar-refractivity contribution in [3.63, 3.8) is 0 Å². The lowest BCUT2D eigenvalue weighted by molar-refractivity contribution is 0.626. The molecule has 14 heavy (non-hydrogen) atoms. The van der Waals surface area contributed by atoms with E-state index in [0.717, 1.165) is 0 Å². The quantitative estimate of drug-likeness (QED) is 0.605. The first kappa shape index (κ1) is 9.57. The summed E-state index contributed by atoms with van der Waals surface area (Å²) < 4.78 is 0. The fourth-order valence-corrected chi connectivity index (χ4v) is 2.31. The van der Waals surface area contributed by atoms with E-state index in [9.17, 15) is 0 Å². The third-order valence-corrected chi connectivity index (χ3v) is 3.85. The highest BCUT2D eigenvalue weighted by Gasteiger charge is 2.30. The Kier molecular flexibility index (Phi) is 2.06. The Bertz CT molecular complexity index is 333.